The van der Waals surface area contributed by atoms with Gasteiger partial charge in [-0.3, -0.25) is 0 Å². The summed E-state index contributed by atoms with van der Waals surface area (Å²) in [6, 6.07) is 7.32. The minimum atomic E-state index is -0.234. The summed E-state index contributed by atoms with van der Waals surface area (Å²) in [6.07, 6.45) is 6.80. The molecular weight excluding hydrogens is 317 g/mol. The Morgan fingerprint density at radius 3 is 2.96 bits per heavy atom. The minimum Gasteiger partial charge on any atom is -0.338 e. The van der Waals surface area contributed by atoms with Gasteiger partial charge in [0.1, 0.15) is 5.82 Å². The number of hydrogen-bond donors (Lipinski definition) is 1. The lowest BCUT2D eigenvalue weighted by Gasteiger charge is -2.24. The molecule has 23 heavy (non-hydrogen) atoms. The highest BCUT2D eigenvalue weighted by atomic mass is 35.5. The summed E-state index contributed by atoms with van der Waals surface area (Å²) in [5, 5.41) is 7.69. The van der Waals surface area contributed by atoms with Crippen LogP contribution in [-0.2, 0) is 6.42 Å². The van der Waals surface area contributed by atoms with E-state index in [1.54, 1.807) is 6.07 Å². The molecule has 1 aromatic carbocycles. The van der Waals surface area contributed by atoms with Gasteiger partial charge in [0, 0.05) is 12.5 Å². The van der Waals surface area contributed by atoms with Gasteiger partial charge in [0.05, 0.1) is 6.04 Å². The van der Waals surface area contributed by atoms with Crippen molar-refractivity contribution in [1.29, 1.82) is 0 Å². The van der Waals surface area contributed by atoms with E-state index in [1.165, 1.54) is 37.8 Å². The fourth-order valence-corrected chi connectivity index (χ4v) is 3.82. The standard InChI is InChI=1S/C17H20FN3O.ClH/c18-13-6-3-4-11(8-13)9-16-20-17(22-21-16)15-10-12-5-1-2-7-14(12)19-15;/h3-4,6,8,12,14-15,19H,1-2,5,7,9-10H2;1H. The first-order valence-electron chi connectivity index (χ1n) is 8.11. The Labute approximate surface area is 141 Å². The van der Waals surface area contributed by atoms with Crippen LogP contribution in [0.15, 0.2) is 28.8 Å². The van der Waals surface area contributed by atoms with Gasteiger partial charge in [0.2, 0.25) is 5.89 Å². The Balaban J connectivity index is 0.00000156. The first-order valence-corrected chi connectivity index (χ1v) is 8.11. The van der Waals surface area contributed by atoms with Crippen molar-refractivity contribution in [1.82, 2.24) is 15.5 Å². The van der Waals surface area contributed by atoms with Crippen LogP contribution in [0.2, 0.25) is 0 Å². The third-order valence-electron chi connectivity index (χ3n) is 4.90. The van der Waals surface area contributed by atoms with Gasteiger partial charge in [-0.05, 0) is 42.9 Å². The van der Waals surface area contributed by atoms with Crippen LogP contribution in [-0.4, -0.2) is 16.2 Å². The quantitative estimate of drug-likeness (QED) is 0.925. The van der Waals surface area contributed by atoms with E-state index in [0.29, 0.717) is 24.2 Å². The molecular formula is C17H21ClFN3O. The molecule has 0 spiro atoms. The molecule has 0 amide bonds. The summed E-state index contributed by atoms with van der Waals surface area (Å²) in [7, 11) is 0. The first kappa shape index (κ1) is 16.4. The molecule has 1 saturated carbocycles. The topological polar surface area (TPSA) is 51.0 Å². The van der Waals surface area contributed by atoms with Crippen molar-refractivity contribution in [3.8, 4) is 0 Å². The van der Waals surface area contributed by atoms with E-state index in [4.69, 9.17) is 4.52 Å². The molecule has 3 unspecified atom stereocenters. The number of nitrogens with zero attached hydrogens (tertiary/aromatic N) is 2. The zero-order chi connectivity index (χ0) is 14.9. The molecule has 0 radical (unpaired) electrons. The Kier molecular flexibility index (Phi) is 4.97. The van der Waals surface area contributed by atoms with Gasteiger partial charge >= 0.3 is 0 Å². The van der Waals surface area contributed by atoms with E-state index in [9.17, 15) is 4.39 Å². The molecule has 2 heterocycles. The number of rotatable bonds is 3. The number of aromatic nitrogens is 2. The largest absolute Gasteiger partial charge is 0.338 e. The molecule has 1 aliphatic carbocycles. The van der Waals surface area contributed by atoms with Crippen LogP contribution < -0.4 is 5.32 Å². The van der Waals surface area contributed by atoms with Crippen molar-refractivity contribution in [2.75, 3.05) is 0 Å². The molecule has 2 aromatic rings. The van der Waals surface area contributed by atoms with Crippen LogP contribution in [0, 0.1) is 11.7 Å². The Hall–Kier alpha value is -1.46. The van der Waals surface area contributed by atoms with E-state index in [1.807, 2.05) is 6.07 Å². The second-order valence-corrected chi connectivity index (χ2v) is 6.46. The maximum absolute atomic E-state index is 13.2. The van der Waals surface area contributed by atoms with Crippen LogP contribution in [0.4, 0.5) is 4.39 Å². The van der Waals surface area contributed by atoms with Crippen molar-refractivity contribution >= 4 is 12.4 Å². The highest BCUT2D eigenvalue weighted by Gasteiger charge is 2.38. The lowest BCUT2D eigenvalue weighted by molar-refractivity contribution is 0.324. The van der Waals surface area contributed by atoms with Gasteiger partial charge in [0.15, 0.2) is 5.82 Å². The number of benzene rings is 1. The molecule has 1 N–H and O–H groups in total. The minimum absolute atomic E-state index is 0. The molecule has 1 saturated heterocycles. The van der Waals surface area contributed by atoms with Gasteiger partial charge in [0.25, 0.3) is 0 Å². The molecule has 4 nitrogen and oxygen atoms in total. The van der Waals surface area contributed by atoms with E-state index >= 15 is 0 Å². The summed E-state index contributed by atoms with van der Waals surface area (Å²) >= 11 is 0. The number of fused-ring (bicyclic) bond motifs is 1. The molecule has 2 aliphatic rings. The van der Waals surface area contributed by atoms with Gasteiger partial charge in [-0.2, -0.15) is 4.98 Å². The highest BCUT2D eigenvalue weighted by Crippen LogP contribution is 2.38. The predicted molar refractivity (Wildman–Crippen MR) is 87.0 cm³/mol. The highest BCUT2D eigenvalue weighted by molar-refractivity contribution is 5.85. The normalized spacial score (nSPS) is 26.6. The molecule has 1 aliphatic heterocycles. The average molecular weight is 338 g/mol. The number of hydrogen-bond acceptors (Lipinski definition) is 4. The maximum atomic E-state index is 13.2. The van der Waals surface area contributed by atoms with E-state index < -0.39 is 0 Å². The summed E-state index contributed by atoms with van der Waals surface area (Å²) in [5.74, 6) is 1.82. The first-order chi connectivity index (χ1) is 10.8. The number of halogens is 2. The summed E-state index contributed by atoms with van der Waals surface area (Å²) in [4.78, 5) is 4.51. The van der Waals surface area contributed by atoms with Crippen molar-refractivity contribution in [2.24, 2.45) is 5.92 Å². The molecule has 124 valence electrons. The second-order valence-electron chi connectivity index (χ2n) is 6.46. The van der Waals surface area contributed by atoms with Crippen LogP contribution in [0.25, 0.3) is 0 Å². The Morgan fingerprint density at radius 2 is 2.13 bits per heavy atom. The molecule has 3 atom stereocenters. The van der Waals surface area contributed by atoms with Crippen LogP contribution in [0.3, 0.4) is 0 Å². The fourth-order valence-electron chi connectivity index (χ4n) is 3.82. The zero-order valence-corrected chi connectivity index (χ0v) is 13.7. The molecule has 4 rings (SSSR count). The summed E-state index contributed by atoms with van der Waals surface area (Å²) in [5.41, 5.74) is 0.861. The van der Waals surface area contributed by atoms with Crippen LogP contribution in [0.5, 0.6) is 0 Å². The van der Waals surface area contributed by atoms with Crippen LogP contribution in [0.1, 0.15) is 55.4 Å². The lowest BCUT2D eigenvalue weighted by atomic mass is 9.85. The predicted octanol–water partition coefficient (Wildman–Crippen LogP) is 3.81. The van der Waals surface area contributed by atoms with Crippen molar-refractivity contribution < 1.29 is 8.91 Å². The molecule has 1 aromatic heterocycles. The maximum Gasteiger partial charge on any atom is 0.243 e. The fraction of sp³-hybridized carbons (Fsp3) is 0.529. The van der Waals surface area contributed by atoms with Crippen molar-refractivity contribution in [3.05, 3.63) is 47.4 Å². The summed E-state index contributed by atoms with van der Waals surface area (Å²) < 4.78 is 18.7. The lowest BCUT2D eigenvalue weighted by Crippen LogP contribution is -2.30. The van der Waals surface area contributed by atoms with E-state index in [2.05, 4.69) is 15.5 Å². The van der Waals surface area contributed by atoms with Crippen molar-refractivity contribution in [2.45, 2.75) is 50.6 Å². The summed E-state index contributed by atoms with van der Waals surface area (Å²) in [6.45, 7) is 0. The molecule has 0 bridgehead atoms. The SMILES string of the molecule is Cl.Fc1cccc(Cc2noc(C3CC4CCCCC4N3)n2)c1. The van der Waals surface area contributed by atoms with Crippen molar-refractivity contribution in [3.63, 3.8) is 0 Å². The van der Waals surface area contributed by atoms with Gasteiger partial charge in [-0.1, -0.05) is 30.1 Å². The van der Waals surface area contributed by atoms with Gasteiger partial charge in [-0.15, -0.1) is 12.4 Å². The van der Waals surface area contributed by atoms with Gasteiger partial charge < -0.3 is 9.84 Å². The van der Waals surface area contributed by atoms with E-state index in [0.717, 1.165) is 17.9 Å². The molecule has 6 heteroatoms. The third kappa shape index (κ3) is 3.56. The second kappa shape index (κ2) is 6.97. The molecule has 2 fully saturated rings. The van der Waals surface area contributed by atoms with Crippen LogP contribution >= 0.6 is 12.4 Å². The number of nitrogens with one attached hydrogen (secondary N) is 1. The Bertz CT molecular complexity index is 649. The van der Waals surface area contributed by atoms with Gasteiger partial charge in [-0.25, -0.2) is 4.39 Å². The smallest absolute Gasteiger partial charge is 0.243 e. The monoisotopic (exact) mass is 337 g/mol. The Morgan fingerprint density at radius 1 is 1.26 bits per heavy atom. The third-order valence-corrected chi connectivity index (χ3v) is 4.90. The van der Waals surface area contributed by atoms with E-state index in [-0.39, 0.29) is 24.3 Å². The average Bonchev–Trinajstić information content (AvgIpc) is 3.13. The zero-order valence-electron chi connectivity index (χ0n) is 12.9.